The van der Waals surface area contributed by atoms with Crippen molar-refractivity contribution in [3.05, 3.63) is 10.1 Å². The van der Waals surface area contributed by atoms with E-state index < -0.39 is 35.2 Å². The summed E-state index contributed by atoms with van der Waals surface area (Å²) in [5, 5.41) is 10.2. The van der Waals surface area contributed by atoms with Crippen molar-refractivity contribution >= 4 is 11.9 Å². The molecule has 7 nitrogen and oxygen atoms in total. The minimum absolute atomic E-state index is 0.587. The van der Waals surface area contributed by atoms with E-state index in [0.717, 1.165) is 0 Å². The summed E-state index contributed by atoms with van der Waals surface area (Å²) >= 11 is 0. The van der Waals surface area contributed by atoms with E-state index in [0.29, 0.717) is 14.0 Å². The van der Waals surface area contributed by atoms with Crippen LogP contribution in [0.3, 0.4) is 0 Å². The smallest absolute Gasteiger partial charge is 0.446 e. The normalized spacial score (nSPS) is 14.6. The van der Waals surface area contributed by atoms with Gasteiger partial charge in [0.25, 0.3) is 6.54 Å². The van der Waals surface area contributed by atoms with Crippen molar-refractivity contribution in [3.63, 3.8) is 0 Å². The maximum atomic E-state index is 12.7. The first kappa shape index (κ1) is 15.1. The Morgan fingerprint density at radius 2 is 1.82 bits per heavy atom. The molecular formula is C7H8F3NO6. The molecule has 17 heavy (non-hydrogen) atoms. The molecule has 0 N–H and O–H groups in total. The molecule has 0 rings (SSSR count). The van der Waals surface area contributed by atoms with E-state index >= 15 is 0 Å². The number of hydrogen-bond donors (Lipinski definition) is 0. The number of hydrogen-bond acceptors (Lipinski definition) is 6. The highest BCUT2D eigenvalue weighted by atomic mass is 19.4. The van der Waals surface area contributed by atoms with E-state index in [1.54, 1.807) is 0 Å². The van der Waals surface area contributed by atoms with Gasteiger partial charge < -0.3 is 9.47 Å². The first-order valence-electron chi connectivity index (χ1n) is 4.03. The van der Waals surface area contributed by atoms with Crippen LogP contribution in [0.1, 0.15) is 6.92 Å². The number of nitro groups is 1. The number of carbonyl (C=O) groups excluding carboxylic acids is 2. The standard InChI is InChI=1S/C7H8F3NO6/c1-4(12)17-6(3-11(14)15,5(13)16-2)7(8,9)10/h3H2,1-2H3/t6-/m1/s1. The minimum Gasteiger partial charge on any atom is -0.466 e. The summed E-state index contributed by atoms with van der Waals surface area (Å²) < 4.78 is 45.5. The highest BCUT2D eigenvalue weighted by Crippen LogP contribution is 2.35. The first-order valence-corrected chi connectivity index (χ1v) is 4.03. The highest BCUT2D eigenvalue weighted by Gasteiger charge is 2.69. The second kappa shape index (κ2) is 4.97. The van der Waals surface area contributed by atoms with Crippen LogP contribution in [0.4, 0.5) is 13.2 Å². The predicted octanol–water partition coefficient (Wildman–Crippen LogP) is 0.300. The van der Waals surface area contributed by atoms with Crippen molar-refractivity contribution in [2.24, 2.45) is 0 Å². The SMILES string of the molecule is COC(=O)[C@@](C[N+](=O)[O-])(OC(C)=O)C(F)(F)F. The van der Waals surface area contributed by atoms with Crippen molar-refractivity contribution in [3.8, 4) is 0 Å². The molecule has 0 bridgehead atoms. The van der Waals surface area contributed by atoms with Crippen molar-refractivity contribution < 1.29 is 37.2 Å². The van der Waals surface area contributed by atoms with Gasteiger partial charge in [0.1, 0.15) is 0 Å². The average Bonchev–Trinajstić information content (AvgIpc) is 2.11. The lowest BCUT2D eigenvalue weighted by Gasteiger charge is -2.28. The quantitative estimate of drug-likeness (QED) is 0.409. The zero-order valence-corrected chi connectivity index (χ0v) is 8.74. The Hall–Kier alpha value is -1.87. The fourth-order valence-electron chi connectivity index (χ4n) is 0.994. The molecule has 10 heteroatoms. The topological polar surface area (TPSA) is 95.7 Å². The minimum atomic E-state index is -5.46. The Labute approximate surface area is 92.6 Å². The largest absolute Gasteiger partial charge is 0.466 e. The highest BCUT2D eigenvalue weighted by molar-refractivity contribution is 5.84. The van der Waals surface area contributed by atoms with Crippen molar-refractivity contribution in [2.75, 3.05) is 13.7 Å². The second-order valence-electron chi connectivity index (χ2n) is 2.90. The van der Waals surface area contributed by atoms with Gasteiger partial charge >= 0.3 is 23.7 Å². The number of carbonyl (C=O) groups is 2. The maximum absolute atomic E-state index is 12.7. The summed E-state index contributed by atoms with van der Waals surface area (Å²) in [4.78, 5) is 30.3. The van der Waals surface area contributed by atoms with Crippen LogP contribution >= 0.6 is 0 Å². The molecule has 0 amide bonds. The van der Waals surface area contributed by atoms with E-state index in [-0.39, 0.29) is 0 Å². The Bertz CT molecular complexity index is 323. The van der Waals surface area contributed by atoms with Gasteiger partial charge in [-0.1, -0.05) is 0 Å². The Morgan fingerprint density at radius 3 is 2.06 bits per heavy atom. The number of esters is 2. The third-order valence-corrected chi connectivity index (χ3v) is 1.64. The van der Waals surface area contributed by atoms with Crippen LogP contribution in [0.15, 0.2) is 0 Å². The molecular weight excluding hydrogens is 251 g/mol. The fourth-order valence-corrected chi connectivity index (χ4v) is 0.994. The average molecular weight is 259 g/mol. The van der Waals surface area contributed by atoms with Gasteiger partial charge in [-0.2, -0.15) is 13.2 Å². The summed E-state index contributed by atoms with van der Waals surface area (Å²) in [5.41, 5.74) is -3.92. The lowest BCUT2D eigenvalue weighted by molar-refractivity contribution is -0.510. The molecule has 0 aliphatic heterocycles. The molecule has 0 saturated carbocycles. The van der Waals surface area contributed by atoms with E-state index in [1.807, 2.05) is 0 Å². The van der Waals surface area contributed by atoms with Crippen LogP contribution in [0, 0.1) is 10.1 Å². The molecule has 98 valence electrons. The first-order chi connectivity index (χ1) is 7.56. The molecule has 0 aromatic carbocycles. The molecule has 0 aromatic rings. The molecule has 0 spiro atoms. The van der Waals surface area contributed by atoms with E-state index in [1.165, 1.54) is 0 Å². The summed E-state index contributed by atoms with van der Waals surface area (Å²) in [5.74, 6) is -3.55. The number of alkyl halides is 3. The summed E-state index contributed by atoms with van der Waals surface area (Å²) in [6, 6.07) is 0. The molecule has 0 unspecified atom stereocenters. The van der Waals surface area contributed by atoms with Crippen LogP contribution in [0.25, 0.3) is 0 Å². The Kier molecular flexibility index (Phi) is 4.43. The molecule has 1 atom stereocenters. The van der Waals surface area contributed by atoms with Crippen LogP contribution < -0.4 is 0 Å². The molecule has 0 heterocycles. The van der Waals surface area contributed by atoms with Gasteiger partial charge in [-0.15, -0.1) is 0 Å². The van der Waals surface area contributed by atoms with Gasteiger partial charge in [-0.3, -0.25) is 14.9 Å². The molecule has 0 aromatic heterocycles. The zero-order chi connectivity index (χ0) is 13.9. The Morgan fingerprint density at radius 1 is 1.35 bits per heavy atom. The molecule has 0 fully saturated rings. The zero-order valence-electron chi connectivity index (χ0n) is 8.74. The lowest BCUT2D eigenvalue weighted by atomic mass is 10.0. The summed E-state index contributed by atoms with van der Waals surface area (Å²) in [7, 11) is 0.590. The van der Waals surface area contributed by atoms with Crippen molar-refractivity contribution in [2.45, 2.75) is 18.7 Å². The van der Waals surface area contributed by atoms with Gasteiger partial charge in [0, 0.05) is 11.8 Å². The fraction of sp³-hybridized carbons (Fsp3) is 0.714. The van der Waals surface area contributed by atoms with Crippen molar-refractivity contribution in [1.29, 1.82) is 0 Å². The van der Waals surface area contributed by atoms with E-state index in [4.69, 9.17) is 0 Å². The number of methoxy groups -OCH3 is 1. The molecule has 0 aliphatic carbocycles. The van der Waals surface area contributed by atoms with Gasteiger partial charge in [-0.05, 0) is 0 Å². The van der Waals surface area contributed by atoms with Crippen molar-refractivity contribution in [1.82, 2.24) is 0 Å². The predicted molar refractivity (Wildman–Crippen MR) is 44.4 cm³/mol. The van der Waals surface area contributed by atoms with Crippen LogP contribution in [0.5, 0.6) is 0 Å². The van der Waals surface area contributed by atoms with Crippen LogP contribution in [0.2, 0.25) is 0 Å². The number of halogens is 3. The number of rotatable bonds is 4. The van der Waals surface area contributed by atoms with Gasteiger partial charge in [-0.25, -0.2) is 4.79 Å². The monoisotopic (exact) mass is 259 g/mol. The summed E-state index contributed by atoms with van der Waals surface area (Å²) in [6.07, 6.45) is -5.46. The maximum Gasteiger partial charge on any atom is 0.446 e. The Balaban J connectivity index is 5.60. The molecule has 0 saturated heterocycles. The third-order valence-electron chi connectivity index (χ3n) is 1.64. The number of ether oxygens (including phenoxy) is 2. The van der Waals surface area contributed by atoms with E-state index in [9.17, 15) is 32.9 Å². The van der Waals surface area contributed by atoms with Crippen LogP contribution in [-0.4, -0.2) is 42.3 Å². The lowest BCUT2D eigenvalue weighted by Crippen LogP contribution is -2.60. The second-order valence-corrected chi connectivity index (χ2v) is 2.90. The third kappa shape index (κ3) is 3.29. The van der Waals surface area contributed by atoms with Crippen LogP contribution in [-0.2, 0) is 19.1 Å². The van der Waals surface area contributed by atoms with Gasteiger partial charge in [0.15, 0.2) is 0 Å². The summed E-state index contributed by atoms with van der Waals surface area (Å²) in [6.45, 7) is -1.37. The van der Waals surface area contributed by atoms with E-state index in [2.05, 4.69) is 9.47 Å². The van der Waals surface area contributed by atoms with Gasteiger partial charge in [0.2, 0.25) is 0 Å². The molecule has 0 radical (unpaired) electrons. The number of nitrogens with zero attached hydrogens (tertiary/aromatic N) is 1. The van der Waals surface area contributed by atoms with Gasteiger partial charge in [0.05, 0.1) is 7.11 Å². The molecule has 0 aliphatic rings.